The summed E-state index contributed by atoms with van der Waals surface area (Å²) >= 11 is 5.80. The highest BCUT2D eigenvalue weighted by molar-refractivity contribution is 6.30. The first-order valence-electron chi connectivity index (χ1n) is 7.23. The Morgan fingerprint density at radius 1 is 1.17 bits per heavy atom. The number of carbonyl (C=O) groups is 1. The van der Waals surface area contributed by atoms with Crippen LogP contribution in [0.4, 0.5) is 0 Å². The molecule has 0 aliphatic carbocycles. The second-order valence-corrected chi connectivity index (χ2v) is 5.47. The van der Waals surface area contributed by atoms with Gasteiger partial charge in [-0.3, -0.25) is 4.79 Å². The number of nitrogens with one attached hydrogen (secondary N) is 1. The third-order valence-electron chi connectivity index (χ3n) is 3.37. The first-order valence-corrected chi connectivity index (χ1v) is 7.61. The van der Waals surface area contributed by atoms with Crippen LogP contribution in [-0.2, 0) is 0 Å². The second kappa shape index (κ2) is 7.25. The van der Waals surface area contributed by atoms with E-state index in [1.54, 1.807) is 24.3 Å². The van der Waals surface area contributed by atoms with E-state index in [0.717, 1.165) is 5.56 Å². The third-order valence-corrected chi connectivity index (χ3v) is 3.62. The Morgan fingerprint density at radius 2 is 1.88 bits per heavy atom. The lowest BCUT2D eigenvalue weighted by Crippen LogP contribution is -2.31. The summed E-state index contributed by atoms with van der Waals surface area (Å²) in [5.41, 5.74) is 1.20. The summed E-state index contributed by atoms with van der Waals surface area (Å²) in [4.78, 5) is 16.5. The van der Waals surface area contributed by atoms with Crippen molar-refractivity contribution in [3.63, 3.8) is 0 Å². The fraction of sp³-hybridized carbons (Fsp3) is 0.118. The molecule has 1 aromatic heterocycles. The topological polar surface area (TPSA) is 88.2 Å². The largest absolute Gasteiger partial charge is 0.394 e. The van der Waals surface area contributed by atoms with Crippen LogP contribution in [0.1, 0.15) is 22.3 Å². The molecule has 1 heterocycles. The zero-order valence-corrected chi connectivity index (χ0v) is 13.3. The van der Waals surface area contributed by atoms with Crippen LogP contribution >= 0.6 is 11.6 Å². The number of benzene rings is 2. The maximum Gasteiger partial charge on any atom is 0.251 e. The molecule has 0 spiro atoms. The van der Waals surface area contributed by atoms with Crippen LogP contribution in [-0.4, -0.2) is 27.8 Å². The molecule has 0 radical (unpaired) electrons. The van der Waals surface area contributed by atoms with Crippen LogP contribution in [0.2, 0.25) is 5.02 Å². The van der Waals surface area contributed by atoms with Crippen LogP contribution in [0.25, 0.3) is 11.4 Å². The highest BCUT2D eigenvalue weighted by Crippen LogP contribution is 2.19. The predicted octanol–water partition coefficient (Wildman–Crippen LogP) is 2.85. The molecule has 0 bridgehead atoms. The van der Waals surface area contributed by atoms with Gasteiger partial charge >= 0.3 is 0 Å². The molecule has 0 fully saturated rings. The van der Waals surface area contributed by atoms with Crippen molar-refractivity contribution in [2.75, 3.05) is 6.61 Å². The number of hydrogen-bond acceptors (Lipinski definition) is 5. The highest BCUT2D eigenvalue weighted by Gasteiger charge is 2.21. The molecular weight excluding hydrogens is 330 g/mol. The van der Waals surface area contributed by atoms with E-state index >= 15 is 0 Å². The fourth-order valence-electron chi connectivity index (χ4n) is 2.11. The molecule has 1 atom stereocenters. The third kappa shape index (κ3) is 3.61. The van der Waals surface area contributed by atoms with E-state index in [1.165, 1.54) is 0 Å². The van der Waals surface area contributed by atoms with Crippen molar-refractivity contribution in [1.29, 1.82) is 0 Å². The molecule has 3 rings (SSSR count). The van der Waals surface area contributed by atoms with Gasteiger partial charge in [0.2, 0.25) is 5.82 Å². The molecule has 0 saturated carbocycles. The Labute approximate surface area is 143 Å². The van der Waals surface area contributed by atoms with E-state index in [0.29, 0.717) is 16.4 Å². The maximum absolute atomic E-state index is 12.2. The van der Waals surface area contributed by atoms with Gasteiger partial charge in [-0.2, -0.15) is 4.98 Å². The number of carbonyl (C=O) groups excluding carboxylic acids is 1. The normalized spacial score (nSPS) is 11.9. The molecule has 2 N–H and O–H groups in total. The molecule has 0 saturated heterocycles. The molecule has 6 nitrogen and oxygen atoms in total. The number of amides is 1. The van der Waals surface area contributed by atoms with E-state index in [-0.39, 0.29) is 18.4 Å². The van der Waals surface area contributed by atoms with Gasteiger partial charge in [-0.15, -0.1) is 0 Å². The summed E-state index contributed by atoms with van der Waals surface area (Å²) in [6, 6.07) is 14.9. The first kappa shape index (κ1) is 16.2. The van der Waals surface area contributed by atoms with Crippen molar-refractivity contribution >= 4 is 17.5 Å². The zero-order valence-electron chi connectivity index (χ0n) is 12.5. The van der Waals surface area contributed by atoms with Gasteiger partial charge in [0.05, 0.1) is 6.61 Å². The van der Waals surface area contributed by atoms with Gasteiger partial charge in [0, 0.05) is 16.1 Å². The average molecular weight is 344 g/mol. The van der Waals surface area contributed by atoms with Crippen LogP contribution < -0.4 is 5.32 Å². The van der Waals surface area contributed by atoms with Gasteiger partial charge in [-0.05, 0) is 24.3 Å². The molecule has 1 amide bonds. The Kier molecular flexibility index (Phi) is 4.88. The molecule has 7 heteroatoms. The van der Waals surface area contributed by atoms with Crippen molar-refractivity contribution in [2.45, 2.75) is 6.04 Å². The monoisotopic (exact) mass is 343 g/mol. The number of aliphatic hydroxyl groups excluding tert-OH is 1. The molecule has 2 aromatic carbocycles. The van der Waals surface area contributed by atoms with Gasteiger partial charge in [0.15, 0.2) is 0 Å². The van der Waals surface area contributed by atoms with E-state index < -0.39 is 6.04 Å². The minimum atomic E-state index is -0.793. The second-order valence-electron chi connectivity index (χ2n) is 5.04. The van der Waals surface area contributed by atoms with Crippen molar-refractivity contribution in [2.24, 2.45) is 0 Å². The van der Waals surface area contributed by atoms with E-state index in [2.05, 4.69) is 15.5 Å². The van der Waals surface area contributed by atoms with Crippen LogP contribution in [0.5, 0.6) is 0 Å². The van der Waals surface area contributed by atoms with Crippen molar-refractivity contribution in [1.82, 2.24) is 15.5 Å². The van der Waals surface area contributed by atoms with Crippen LogP contribution in [0.15, 0.2) is 59.1 Å². The summed E-state index contributed by atoms with van der Waals surface area (Å²) < 4.78 is 5.17. The summed E-state index contributed by atoms with van der Waals surface area (Å²) in [7, 11) is 0. The standard InChI is InChI=1S/C17H14ClN3O3/c18-13-8-6-12(7-9-13)16(23)19-14(10-22)17-20-15(21-24-17)11-4-2-1-3-5-11/h1-9,14,22H,10H2,(H,19,23)/t14-/m0/s1. The maximum atomic E-state index is 12.2. The summed E-state index contributed by atoms with van der Waals surface area (Å²) in [5.74, 6) is 0.161. The Morgan fingerprint density at radius 3 is 2.54 bits per heavy atom. The molecule has 0 unspecified atom stereocenters. The Balaban J connectivity index is 1.76. The number of hydrogen-bond donors (Lipinski definition) is 2. The molecule has 122 valence electrons. The SMILES string of the molecule is O=C(N[C@@H](CO)c1nc(-c2ccccc2)no1)c1ccc(Cl)cc1. The zero-order chi connectivity index (χ0) is 16.9. The molecule has 0 aliphatic heterocycles. The number of halogens is 1. The highest BCUT2D eigenvalue weighted by atomic mass is 35.5. The van der Waals surface area contributed by atoms with Gasteiger partial charge in [-0.1, -0.05) is 47.1 Å². The predicted molar refractivity (Wildman–Crippen MR) is 88.5 cm³/mol. The van der Waals surface area contributed by atoms with Crippen molar-refractivity contribution < 1.29 is 14.4 Å². The molecule has 24 heavy (non-hydrogen) atoms. The van der Waals surface area contributed by atoms with Crippen LogP contribution in [0.3, 0.4) is 0 Å². The van der Waals surface area contributed by atoms with Crippen molar-refractivity contribution in [3.05, 3.63) is 71.1 Å². The Bertz CT molecular complexity index is 819. The summed E-state index contributed by atoms with van der Waals surface area (Å²) in [6.07, 6.45) is 0. The molecule has 3 aromatic rings. The lowest BCUT2D eigenvalue weighted by Gasteiger charge is -2.12. The molecular formula is C17H14ClN3O3. The van der Waals surface area contributed by atoms with Gasteiger partial charge in [0.1, 0.15) is 6.04 Å². The van der Waals surface area contributed by atoms with Crippen molar-refractivity contribution in [3.8, 4) is 11.4 Å². The van der Waals surface area contributed by atoms with Gasteiger partial charge < -0.3 is 14.9 Å². The summed E-state index contributed by atoms with van der Waals surface area (Å²) in [5, 5.41) is 16.6. The lowest BCUT2D eigenvalue weighted by molar-refractivity contribution is 0.0901. The average Bonchev–Trinajstić information content (AvgIpc) is 3.11. The van der Waals surface area contributed by atoms with E-state index in [9.17, 15) is 9.90 Å². The minimum Gasteiger partial charge on any atom is -0.394 e. The number of aromatic nitrogens is 2. The Hall–Kier alpha value is -2.70. The lowest BCUT2D eigenvalue weighted by atomic mass is 10.2. The molecule has 0 aliphatic rings. The van der Waals surface area contributed by atoms with Gasteiger partial charge in [0.25, 0.3) is 11.8 Å². The number of rotatable bonds is 5. The van der Waals surface area contributed by atoms with E-state index in [1.807, 2.05) is 30.3 Å². The first-order chi connectivity index (χ1) is 11.7. The quantitative estimate of drug-likeness (QED) is 0.743. The van der Waals surface area contributed by atoms with Crippen LogP contribution in [0, 0.1) is 0 Å². The van der Waals surface area contributed by atoms with Gasteiger partial charge in [-0.25, -0.2) is 0 Å². The number of nitrogens with zero attached hydrogens (tertiary/aromatic N) is 2. The minimum absolute atomic E-state index is 0.138. The number of aliphatic hydroxyl groups is 1. The smallest absolute Gasteiger partial charge is 0.251 e. The van der Waals surface area contributed by atoms with E-state index in [4.69, 9.17) is 16.1 Å². The fourth-order valence-corrected chi connectivity index (χ4v) is 2.24. The summed E-state index contributed by atoms with van der Waals surface area (Å²) in [6.45, 7) is -0.365.